The molecule has 2 aliphatic rings. The summed E-state index contributed by atoms with van der Waals surface area (Å²) in [4.78, 5) is 0. The molecule has 2 atom stereocenters. The van der Waals surface area contributed by atoms with Crippen LogP contribution in [0.1, 0.15) is 25.7 Å². The maximum Gasteiger partial charge on any atom is 0.0506 e. The second kappa shape index (κ2) is 6.46. The van der Waals surface area contributed by atoms with Crippen LogP contribution in [0.2, 0.25) is 0 Å². The Kier molecular flexibility index (Phi) is 4.90. The molecule has 2 fully saturated rings. The maximum absolute atomic E-state index is 5.46. The van der Waals surface area contributed by atoms with Crippen molar-refractivity contribution in [2.45, 2.75) is 25.7 Å². The lowest BCUT2D eigenvalue weighted by atomic mass is 10.0. The molecular weight excluding hydrogens is 190 g/mol. The molecule has 0 saturated carbocycles. The summed E-state index contributed by atoms with van der Waals surface area (Å²) in [7, 11) is 0. The first kappa shape index (κ1) is 11.4. The van der Waals surface area contributed by atoms with Gasteiger partial charge in [0.1, 0.15) is 0 Å². The molecular formula is C12H23NO2. The Bertz CT molecular complexity index is 145. The van der Waals surface area contributed by atoms with Gasteiger partial charge in [-0.15, -0.1) is 0 Å². The van der Waals surface area contributed by atoms with Gasteiger partial charge in [-0.05, 0) is 37.5 Å². The molecule has 2 aliphatic heterocycles. The summed E-state index contributed by atoms with van der Waals surface area (Å²) < 4.78 is 10.9. The lowest BCUT2D eigenvalue weighted by Crippen LogP contribution is -2.34. The molecule has 0 unspecified atom stereocenters. The first-order valence-electron chi connectivity index (χ1n) is 6.31. The summed E-state index contributed by atoms with van der Waals surface area (Å²) in [6, 6.07) is 0. The first-order valence-corrected chi connectivity index (χ1v) is 6.31. The van der Waals surface area contributed by atoms with Gasteiger partial charge in [0.25, 0.3) is 0 Å². The van der Waals surface area contributed by atoms with Crippen LogP contribution in [0.25, 0.3) is 0 Å². The highest BCUT2D eigenvalue weighted by molar-refractivity contribution is 4.69. The van der Waals surface area contributed by atoms with Crippen LogP contribution < -0.4 is 5.32 Å². The van der Waals surface area contributed by atoms with Gasteiger partial charge in [0.15, 0.2) is 0 Å². The van der Waals surface area contributed by atoms with Gasteiger partial charge in [-0.3, -0.25) is 0 Å². The summed E-state index contributed by atoms with van der Waals surface area (Å²) in [5.41, 5.74) is 0. The third-order valence-electron chi connectivity index (χ3n) is 3.38. The molecule has 0 bridgehead atoms. The van der Waals surface area contributed by atoms with Crippen molar-refractivity contribution in [1.29, 1.82) is 0 Å². The zero-order chi connectivity index (χ0) is 10.3. The molecule has 88 valence electrons. The minimum atomic E-state index is 0.739. The van der Waals surface area contributed by atoms with Crippen molar-refractivity contribution in [1.82, 2.24) is 5.32 Å². The van der Waals surface area contributed by atoms with Gasteiger partial charge < -0.3 is 14.8 Å². The van der Waals surface area contributed by atoms with E-state index in [4.69, 9.17) is 9.47 Å². The first-order chi connectivity index (χ1) is 7.45. The summed E-state index contributed by atoms with van der Waals surface area (Å²) in [6.45, 7) is 6.08. The minimum Gasteiger partial charge on any atom is -0.381 e. The van der Waals surface area contributed by atoms with Crippen LogP contribution in [0.4, 0.5) is 0 Å². The average Bonchev–Trinajstić information content (AvgIpc) is 2.32. The lowest BCUT2D eigenvalue weighted by Gasteiger charge is -2.25. The third-order valence-corrected chi connectivity index (χ3v) is 3.38. The number of rotatable bonds is 4. The number of ether oxygens (including phenoxy) is 2. The third kappa shape index (κ3) is 4.09. The van der Waals surface area contributed by atoms with Gasteiger partial charge in [-0.1, -0.05) is 0 Å². The summed E-state index contributed by atoms with van der Waals surface area (Å²) in [5.74, 6) is 1.48. The van der Waals surface area contributed by atoms with Crippen LogP contribution in [-0.2, 0) is 9.47 Å². The van der Waals surface area contributed by atoms with Crippen LogP contribution in [0.5, 0.6) is 0 Å². The van der Waals surface area contributed by atoms with Gasteiger partial charge in [-0.2, -0.15) is 0 Å². The molecule has 2 saturated heterocycles. The fraction of sp³-hybridized carbons (Fsp3) is 1.00. The van der Waals surface area contributed by atoms with Crippen molar-refractivity contribution in [3.05, 3.63) is 0 Å². The van der Waals surface area contributed by atoms with Crippen molar-refractivity contribution >= 4 is 0 Å². The van der Waals surface area contributed by atoms with Crippen molar-refractivity contribution in [2.75, 3.05) is 39.5 Å². The lowest BCUT2D eigenvalue weighted by molar-refractivity contribution is 0.0452. The standard InChI is InChI=1S/C12H23NO2/c1-3-11(9-14-5-1)7-13-8-12-4-2-6-15-10-12/h11-13H,1-10H2/t11-,12+. The van der Waals surface area contributed by atoms with E-state index in [1.54, 1.807) is 0 Å². The molecule has 3 heteroatoms. The van der Waals surface area contributed by atoms with Crippen LogP contribution >= 0.6 is 0 Å². The highest BCUT2D eigenvalue weighted by atomic mass is 16.5. The number of nitrogens with one attached hydrogen (secondary N) is 1. The Morgan fingerprint density at radius 2 is 1.40 bits per heavy atom. The van der Waals surface area contributed by atoms with E-state index < -0.39 is 0 Å². The predicted octanol–water partition coefficient (Wildman–Crippen LogP) is 1.43. The van der Waals surface area contributed by atoms with Crippen LogP contribution in [0.3, 0.4) is 0 Å². The van der Waals surface area contributed by atoms with E-state index in [-0.39, 0.29) is 0 Å². The minimum absolute atomic E-state index is 0.739. The van der Waals surface area contributed by atoms with E-state index in [2.05, 4.69) is 5.32 Å². The quantitative estimate of drug-likeness (QED) is 0.766. The molecule has 0 aromatic rings. The molecule has 1 N–H and O–H groups in total. The van der Waals surface area contributed by atoms with E-state index in [1.807, 2.05) is 0 Å². The van der Waals surface area contributed by atoms with E-state index >= 15 is 0 Å². The molecule has 2 rings (SSSR count). The zero-order valence-electron chi connectivity index (χ0n) is 9.54. The molecule has 0 spiro atoms. The van der Waals surface area contributed by atoms with Crippen molar-refractivity contribution in [3.63, 3.8) is 0 Å². The largest absolute Gasteiger partial charge is 0.381 e. The Labute approximate surface area is 92.5 Å². The fourth-order valence-electron chi connectivity index (χ4n) is 2.43. The molecule has 15 heavy (non-hydrogen) atoms. The van der Waals surface area contributed by atoms with Crippen molar-refractivity contribution < 1.29 is 9.47 Å². The smallest absolute Gasteiger partial charge is 0.0506 e. The molecule has 3 nitrogen and oxygen atoms in total. The van der Waals surface area contributed by atoms with Gasteiger partial charge >= 0.3 is 0 Å². The number of hydrogen-bond donors (Lipinski definition) is 1. The van der Waals surface area contributed by atoms with E-state index in [0.29, 0.717) is 0 Å². The summed E-state index contributed by atoms with van der Waals surface area (Å²) >= 11 is 0. The van der Waals surface area contributed by atoms with E-state index in [1.165, 1.54) is 25.7 Å². The molecule has 0 aromatic heterocycles. The van der Waals surface area contributed by atoms with Gasteiger partial charge in [0, 0.05) is 26.3 Å². The Morgan fingerprint density at radius 1 is 0.867 bits per heavy atom. The van der Waals surface area contributed by atoms with Crippen LogP contribution in [0.15, 0.2) is 0 Å². The summed E-state index contributed by atoms with van der Waals surface area (Å²) in [6.07, 6.45) is 5.13. The zero-order valence-corrected chi connectivity index (χ0v) is 9.54. The van der Waals surface area contributed by atoms with Gasteiger partial charge in [0.2, 0.25) is 0 Å². The van der Waals surface area contributed by atoms with E-state index in [0.717, 1.165) is 51.4 Å². The monoisotopic (exact) mass is 213 g/mol. The average molecular weight is 213 g/mol. The highest BCUT2D eigenvalue weighted by Crippen LogP contribution is 2.14. The second-order valence-electron chi connectivity index (χ2n) is 4.82. The SMILES string of the molecule is C1COC[C@@H](CNC[C@@H]2CCCOC2)C1. The second-order valence-corrected chi connectivity index (χ2v) is 4.82. The Morgan fingerprint density at radius 3 is 1.80 bits per heavy atom. The fourth-order valence-corrected chi connectivity index (χ4v) is 2.43. The topological polar surface area (TPSA) is 30.5 Å². The van der Waals surface area contributed by atoms with E-state index in [9.17, 15) is 0 Å². The van der Waals surface area contributed by atoms with Crippen LogP contribution in [-0.4, -0.2) is 39.5 Å². The maximum atomic E-state index is 5.46. The van der Waals surface area contributed by atoms with Crippen molar-refractivity contribution in [2.24, 2.45) is 11.8 Å². The molecule has 0 aliphatic carbocycles. The van der Waals surface area contributed by atoms with Gasteiger partial charge in [0.05, 0.1) is 13.2 Å². The van der Waals surface area contributed by atoms with Crippen molar-refractivity contribution in [3.8, 4) is 0 Å². The molecule has 0 aromatic carbocycles. The normalized spacial score (nSPS) is 32.8. The summed E-state index contributed by atoms with van der Waals surface area (Å²) in [5, 5.41) is 3.56. The Hall–Kier alpha value is -0.120. The molecule has 0 amide bonds. The van der Waals surface area contributed by atoms with Crippen LogP contribution in [0, 0.1) is 11.8 Å². The predicted molar refractivity (Wildman–Crippen MR) is 60.0 cm³/mol. The molecule has 2 heterocycles. The molecule has 0 radical (unpaired) electrons. The van der Waals surface area contributed by atoms with Gasteiger partial charge in [-0.25, -0.2) is 0 Å². The number of hydrogen-bond acceptors (Lipinski definition) is 3. The Balaban J connectivity index is 1.53. The highest BCUT2D eigenvalue weighted by Gasteiger charge is 2.16.